The summed E-state index contributed by atoms with van der Waals surface area (Å²) in [5.74, 6) is 1.11. The molecule has 1 aromatic rings. The largest absolute Gasteiger partial charge is 0.480 e. The lowest BCUT2D eigenvalue weighted by Crippen LogP contribution is -2.60. The quantitative estimate of drug-likeness (QED) is 0.886. The predicted molar refractivity (Wildman–Crippen MR) is 78.2 cm³/mol. The molecule has 22 heavy (non-hydrogen) atoms. The Hall–Kier alpha value is -1.85. The third-order valence-corrected chi connectivity index (χ3v) is 5.65. The van der Waals surface area contributed by atoms with Gasteiger partial charge in [0, 0.05) is 11.7 Å². The number of carboxylic acids is 1. The Bertz CT molecular complexity index is 587. The lowest BCUT2D eigenvalue weighted by Gasteiger charge is -2.56. The van der Waals surface area contributed by atoms with Crippen molar-refractivity contribution in [2.45, 2.75) is 50.6 Å². The van der Waals surface area contributed by atoms with E-state index in [9.17, 15) is 9.59 Å². The van der Waals surface area contributed by atoms with Gasteiger partial charge >= 0.3 is 5.97 Å². The maximum atomic E-state index is 12.6. The van der Waals surface area contributed by atoms with Gasteiger partial charge in [0.2, 0.25) is 0 Å². The van der Waals surface area contributed by atoms with Crippen LogP contribution in [-0.2, 0) is 11.3 Å². The summed E-state index contributed by atoms with van der Waals surface area (Å²) in [6.07, 6.45) is 8.70. The van der Waals surface area contributed by atoms with Crippen molar-refractivity contribution in [1.82, 2.24) is 15.1 Å². The number of amides is 1. The van der Waals surface area contributed by atoms with E-state index in [2.05, 4.69) is 10.4 Å². The van der Waals surface area contributed by atoms with E-state index in [1.165, 1.54) is 30.1 Å². The Kier molecular flexibility index (Phi) is 3.03. The minimum Gasteiger partial charge on any atom is -0.480 e. The maximum absolute atomic E-state index is 12.6. The Morgan fingerprint density at radius 2 is 1.82 bits per heavy atom. The van der Waals surface area contributed by atoms with Crippen LogP contribution < -0.4 is 5.32 Å². The molecule has 6 nitrogen and oxygen atoms in total. The number of aromatic nitrogens is 2. The third kappa shape index (κ3) is 2.30. The van der Waals surface area contributed by atoms with E-state index < -0.39 is 5.97 Å². The van der Waals surface area contributed by atoms with Crippen molar-refractivity contribution >= 4 is 11.9 Å². The zero-order valence-corrected chi connectivity index (χ0v) is 12.5. The number of nitrogens with zero attached hydrogens (tertiary/aromatic N) is 2. The molecule has 0 spiro atoms. The van der Waals surface area contributed by atoms with Gasteiger partial charge in [0.1, 0.15) is 12.2 Å². The van der Waals surface area contributed by atoms with E-state index in [-0.39, 0.29) is 18.0 Å². The van der Waals surface area contributed by atoms with Crippen molar-refractivity contribution in [3.8, 4) is 0 Å². The Morgan fingerprint density at radius 3 is 2.36 bits per heavy atom. The van der Waals surface area contributed by atoms with Gasteiger partial charge in [-0.2, -0.15) is 5.10 Å². The number of aliphatic carboxylic acids is 1. The van der Waals surface area contributed by atoms with Crippen molar-refractivity contribution in [2.75, 3.05) is 0 Å². The number of hydrogen-bond donors (Lipinski definition) is 2. The molecule has 0 aromatic carbocycles. The summed E-state index contributed by atoms with van der Waals surface area (Å²) in [7, 11) is 0. The summed E-state index contributed by atoms with van der Waals surface area (Å²) < 4.78 is 1.26. The average molecular weight is 303 g/mol. The zero-order chi connectivity index (χ0) is 15.3. The molecule has 0 unspecified atom stereocenters. The van der Waals surface area contributed by atoms with Crippen molar-refractivity contribution in [3.63, 3.8) is 0 Å². The van der Waals surface area contributed by atoms with Crippen molar-refractivity contribution < 1.29 is 14.7 Å². The van der Waals surface area contributed by atoms with Crippen molar-refractivity contribution in [1.29, 1.82) is 0 Å². The highest BCUT2D eigenvalue weighted by Crippen LogP contribution is 2.55. The van der Waals surface area contributed by atoms with Crippen LogP contribution in [0.25, 0.3) is 0 Å². The molecular weight excluding hydrogens is 282 g/mol. The first-order valence-electron chi connectivity index (χ1n) is 8.09. The second-order valence-corrected chi connectivity index (χ2v) is 7.42. The molecule has 4 bridgehead atoms. The molecule has 6 heteroatoms. The second-order valence-electron chi connectivity index (χ2n) is 7.42. The van der Waals surface area contributed by atoms with Gasteiger partial charge in [0.25, 0.3) is 5.91 Å². The van der Waals surface area contributed by atoms with Crippen molar-refractivity contribution in [3.05, 3.63) is 18.0 Å². The number of hydrogen-bond acceptors (Lipinski definition) is 3. The highest BCUT2D eigenvalue weighted by molar-refractivity contribution is 5.93. The zero-order valence-electron chi connectivity index (χ0n) is 12.5. The van der Waals surface area contributed by atoms with Gasteiger partial charge in [0.05, 0.1) is 0 Å². The molecule has 1 amide bonds. The highest BCUT2D eigenvalue weighted by Gasteiger charge is 2.51. The maximum Gasteiger partial charge on any atom is 0.325 e. The van der Waals surface area contributed by atoms with Crippen LogP contribution in [0, 0.1) is 17.8 Å². The fourth-order valence-corrected chi connectivity index (χ4v) is 5.35. The molecule has 0 aliphatic heterocycles. The fraction of sp³-hybridized carbons (Fsp3) is 0.688. The van der Waals surface area contributed by atoms with Gasteiger partial charge in [-0.05, 0) is 62.3 Å². The number of nitrogens with one attached hydrogen (secondary N) is 1. The summed E-state index contributed by atoms with van der Waals surface area (Å²) in [6.45, 7) is -0.281. The topological polar surface area (TPSA) is 84.2 Å². The van der Waals surface area contributed by atoms with E-state index >= 15 is 0 Å². The van der Waals surface area contributed by atoms with E-state index in [1.54, 1.807) is 6.07 Å². The highest BCUT2D eigenvalue weighted by atomic mass is 16.4. The fourth-order valence-electron chi connectivity index (χ4n) is 5.35. The minimum atomic E-state index is -0.993. The Labute approximate surface area is 128 Å². The monoisotopic (exact) mass is 303 g/mol. The van der Waals surface area contributed by atoms with Crippen molar-refractivity contribution in [2.24, 2.45) is 17.8 Å². The molecule has 4 saturated carbocycles. The molecule has 0 saturated heterocycles. The van der Waals surface area contributed by atoms with Gasteiger partial charge < -0.3 is 10.4 Å². The van der Waals surface area contributed by atoms with Gasteiger partial charge in [-0.15, -0.1) is 0 Å². The van der Waals surface area contributed by atoms with Gasteiger partial charge in [-0.25, -0.2) is 4.68 Å². The normalized spacial score (nSPS) is 35.5. The standard InChI is InChI=1S/C16H21N3O3/c20-14(21)9-19-13(1-2-17-19)15(22)18-16-6-10-3-11(7-16)5-12(4-10)8-16/h1-2,10-12H,3-9H2,(H,18,22)(H,20,21). The van der Waals surface area contributed by atoms with Crippen LogP contribution in [0.3, 0.4) is 0 Å². The minimum absolute atomic E-state index is 0.0653. The Morgan fingerprint density at radius 1 is 1.23 bits per heavy atom. The smallest absolute Gasteiger partial charge is 0.325 e. The van der Waals surface area contributed by atoms with Crippen LogP contribution >= 0.6 is 0 Å². The molecule has 0 atom stereocenters. The molecule has 5 rings (SSSR count). The summed E-state index contributed by atoms with van der Waals surface area (Å²) in [4.78, 5) is 23.5. The van der Waals surface area contributed by atoms with Crippen LogP contribution in [0.15, 0.2) is 12.3 Å². The molecule has 2 N–H and O–H groups in total. The molecule has 1 heterocycles. The number of carboxylic acid groups (broad SMARTS) is 1. The second kappa shape index (κ2) is 4.83. The first-order chi connectivity index (χ1) is 10.5. The summed E-state index contributed by atoms with van der Waals surface area (Å²) in [5, 5.41) is 16.1. The third-order valence-electron chi connectivity index (χ3n) is 5.65. The Balaban J connectivity index is 1.53. The summed E-state index contributed by atoms with van der Waals surface area (Å²) >= 11 is 0. The molecule has 1 aromatic heterocycles. The van der Waals surface area contributed by atoms with E-state index in [0.717, 1.165) is 37.0 Å². The van der Waals surface area contributed by atoms with E-state index in [4.69, 9.17) is 5.11 Å². The van der Waals surface area contributed by atoms with E-state index in [1.807, 2.05) is 0 Å². The summed E-state index contributed by atoms with van der Waals surface area (Å²) in [6, 6.07) is 1.60. The van der Waals surface area contributed by atoms with Crippen LogP contribution in [0.4, 0.5) is 0 Å². The van der Waals surface area contributed by atoms with Crippen LogP contribution in [0.2, 0.25) is 0 Å². The molecule has 118 valence electrons. The number of carbonyl (C=O) groups excluding carboxylic acids is 1. The predicted octanol–water partition coefficient (Wildman–Crippen LogP) is 1.67. The average Bonchev–Trinajstić information content (AvgIpc) is 2.83. The van der Waals surface area contributed by atoms with Gasteiger partial charge in [-0.3, -0.25) is 9.59 Å². The summed E-state index contributed by atoms with van der Waals surface area (Å²) in [5.41, 5.74) is 0.280. The van der Waals surface area contributed by atoms with Crippen LogP contribution in [-0.4, -0.2) is 32.3 Å². The molecule has 4 fully saturated rings. The number of rotatable bonds is 4. The first kappa shape index (κ1) is 13.8. The lowest BCUT2D eigenvalue weighted by atomic mass is 9.53. The molecular formula is C16H21N3O3. The lowest BCUT2D eigenvalue weighted by molar-refractivity contribution is -0.137. The first-order valence-corrected chi connectivity index (χ1v) is 8.09. The van der Waals surface area contributed by atoms with Gasteiger partial charge in [-0.1, -0.05) is 0 Å². The van der Waals surface area contributed by atoms with Crippen LogP contribution in [0.1, 0.15) is 49.0 Å². The van der Waals surface area contributed by atoms with Gasteiger partial charge in [0.15, 0.2) is 0 Å². The SMILES string of the molecule is O=C(O)Cn1nccc1C(=O)NC12CC3CC(CC(C3)C1)C2. The number of carbonyl (C=O) groups is 2. The molecule has 0 radical (unpaired) electrons. The van der Waals surface area contributed by atoms with E-state index in [0.29, 0.717) is 5.69 Å². The van der Waals surface area contributed by atoms with Crippen LogP contribution in [0.5, 0.6) is 0 Å². The molecule has 4 aliphatic carbocycles. The molecule has 4 aliphatic rings.